The van der Waals surface area contributed by atoms with Crippen LogP contribution in [0.15, 0.2) is 41.8 Å². The highest BCUT2D eigenvalue weighted by molar-refractivity contribution is 5.94. The summed E-state index contributed by atoms with van der Waals surface area (Å²) in [5.74, 6) is 1.44. The number of carbonyl (C=O) groups excluding carboxylic acids is 1. The van der Waals surface area contributed by atoms with E-state index in [-0.39, 0.29) is 12.4 Å². The van der Waals surface area contributed by atoms with Crippen molar-refractivity contribution in [2.75, 3.05) is 25.1 Å². The molecule has 0 bridgehead atoms. The maximum atomic E-state index is 11.5. The van der Waals surface area contributed by atoms with Gasteiger partial charge in [-0.1, -0.05) is 5.16 Å². The minimum atomic E-state index is 0.00993. The normalized spacial score (nSPS) is 14.1. The van der Waals surface area contributed by atoms with Gasteiger partial charge in [0.05, 0.1) is 12.8 Å². The molecule has 7 nitrogen and oxygen atoms in total. The third-order valence-corrected chi connectivity index (χ3v) is 4.28. The molecule has 0 amide bonds. The van der Waals surface area contributed by atoms with Crippen LogP contribution in [-0.2, 0) is 11.4 Å². The van der Waals surface area contributed by atoms with E-state index < -0.39 is 0 Å². The number of methoxy groups -OCH3 is 1. The Kier molecular flexibility index (Phi) is 5.78. The van der Waals surface area contributed by atoms with Gasteiger partial charge in [-0.15, -0.1) is 0 Å². The summed E-state index contributed by atoms with van der Waals surface area (Å²) >= 11 is 0. The number of nitrogens with zero attached hydrogens (tertiary/aromatic N) is 4. The van der Waals surface area contributed by atoms with Gasteiger partial charge in [-0.3, -0.25) is 4.79 Å². The van der Waals surface area contributed by atoms with Crippen molar-refractivity contribution in [1.82, 2.24) is 9.97 Å². The molecular formula is C19H22N4O3. The number of anilines is 1. The van der Waals surface area contributed by atoms with E-state index in [1.165, 1.54) is 6.92 Å². The molecule has 0 saturated carbocycles. The van der Waals surface area contributed by atoms with E-state index in [2.05, 4.69) is 20.0 Å². The molecule has 1 aromatic heterocycles. The molecule has 2 aromatic rings. The lowest BCUT2D eigenvalue weighted by atomic mass is 10.1. The van der Waals surface area contributed by atoms with Gasteiger partial charge in [0, 0.05) is 49.5 Å². The summed E-state index contributed by atoms with van der Waals surface area (Å²) in [7, 11) is 1.60. The highest BCUT2D eigenvalue weighted by Gasteiger charge is 2.17. The van der Waals surface area contributed by atoms with Crippen molar-refractivity contribution >= 4 is 17.4 Å². The standard InChI is InChI=1S/C19H22N4O3/c1-14(24)15-4-5-18(25-2)16(12-15)13-26-22-17-6-10-23(11-7-17)19-20-8-3-9-21-19/h3-5,8-9,12H,6-7,10-11,13H2,1-2H3. The second kappa shape index (κ2) is 8.42. The van der Waals surface area contributed by atoms with Crippen molar-refractivity contribution in [3.8, 4) is 5.75 Å². The molecule has 0 N–H and O–H groups in total. The smallest absolute Gasteiger partial charge is 0.225 e. The Balaban J connectivity index is 1.57. The van der Waals surface area contributed by atoms with Crippen molar-refractivity contribution in [2.24, 2.45) is 5.16 Å². The number of benzene rings is 1. The zero-order valence-electron chi connectivity index (χ0n) is 15.0. The molecule has 3 rings (SSSR count). The fourth-order valence-corrected chi connectivity index (χ4v) is 2.81. The van der Waals surface area contributed by atoms with E-state index in [1.54, 1.807) is 37.7 Å². The van der Waals surface area contributed by atoms with Crippen LogP contribution < -0.4 is 9.64 Å². The molecule has 0 radical (unpaired) electrons. The van der Waals surface area contributed by atoms with Gasteiger partial charge in [0.1, 0.15) is 12.4 Å². The number of ketones is 1. The fourth-order valence-electron chi connectivity index (χ4n) is 2.81. The summed E-state index contributed by atoms with van der Waals surface area (Å²) in [5.41, 5.74) is 2.45. The molecule has 1 aliphatic rings. The van der Waals surface area contributed by atoms with Gasteiger partial charge >= 0.3 is 0 Å². The average Bonchev–Trinajstić information content (AvgIpc) is 2.69. The highest BCUT2D eigenvalue weighted by Crippen LogP contribution is 2.21. The lowest BCUT2D eigenvalue weighted by Crippen LogP contribution is -2.35. The van der Waals surface area contributed by atoms with Crippen LogP contribution in [0.1, 0.15) is 35.7 Å². The van der Waals surface area contributed by atoms with Crippen LogP contribution in [0.3, 0.4) is 0 Å². The van der Waals surface area contributed by atoms with Gasteiger partial charge in [-0.2, -0.15) is 0 Å². The summed E-state index contributed by atoms with van der Waals surface area (Å²) < 4.78 is 5.33. The minimum Gasteiger partial charge on any atom is -0.496 e. The van der Waals surface area contributed by atoms with E-state index in [0.717, 1.165) is 43.2 Å². The number of ether oxygens (including phenoxy) is 1. The Labute approximate surface area is 152 Å². The Morgan fingerprint density at radius 1 is 1.23 bits per heavy atom. The average molecular weight is 354 g/mol. The van der Waals surface area contributed by atoms with E-state index >= 15 is 0 Å². The van der Waals surface area contributed by atoms with Crippen LogP contribution in [0.2, 0.25) is 0 Å². The summed E-state index contributed by atoms with van der Waals surface area (Å²) in [6.45, 7) is 3.43. The predicted octanol–water partition coefficient (Wildman–Crippen LogP) is 2.86. The maximum Gasteiger partial charge on any atom is 0.225 e. The van der Waals surface area contributed by atoms with Crippen molar-refractivity contribution in [3.05, 3.63) is 47.8 Å². The molecule has 0 atom stereocenters. The number of Topliss-reactive ketones (excluding diaryl/α,β-unsaturated/α-hetero) is 1. The van der Waals surface area contributed by atoms with Crippen LogP contribution in [0, 0.1) is 0 Å². The third kappa shape index (κ3) is 4.36. The number of aromatic nitrogens is 2. The first kappa shape index (κ1) is 17.8. The molecule has 2 heterocycles. The van der Waals surface area contributed by atoms with Gasteiger partial charge in [0.15, 0.2) is 5.78 Å². The van der Waals surface area contributed by atoms with Crippen LogP contribution in [-0.4, -0.2) is 41.7 Å². The number of hydrogen-bond donors (Lipinski definition) is 0. The molecule has 1 aromatic carbocycles. The first-order valence-corrected chi connectivity index (χ1v) is 8.55. The Hall–Kier alpha value is -2.96. The molecule has 1 saturated heterocycles. The lowest BCUT2D eigenvalue weighted by molar-refractivity contribution is 0.101. The lowest BCUT2D eigenvalue weighted by Gasteiger charge is -2.27. The summed E-state index contributed by atoms with van der Waals surface area (Å²) in [4.78, 5) is 27.7. The van der Waals surface area contributed by atoms with Gasteiger partial charge < -0.3 is 14.5 Å². The van der Waals surface area contributed by atoms with E-state index in [0.29, 0.717) is 11.3 Å². The topological polar surface area (TPSA) is 76.9 Å². The zero-order chi connectivity index (χ0) is 18.4. The molecule has 0 unspecified atom stereocenters. The summed E-state index contributed by atoms with van der Waals surface area (Å²) in [6, 6.07) is 7.12. The van der Waals surface area contributed by atoms with E-state index in [9.17, 15) is 4.79 Å². The third-order valence-electron chi connectivity index (χ3n) is 4.28. The molecular weight excluding hydrogens is 332 g/mol. The number of piperidine rings is 1. The molecule has 136 valence electrons. The van der Waals surface area contributed by atoms with Crippen LogP contribution in [0.25, 0.3) is 0 Å². The highest BCUT2D eigenvalue weighted by atomic mass is 16.6. The molecule has 1 aliphatic heterocycles. The van der Waals surface area contributed by atoms with Crippen molar-refractivity contribution < 1.29 is 14.4 Å². The monoisotopic (exact) mass is 354 g/mol. The number of carbonyl (C=O) groups is 1. The number of rotatable bonds is 6. The molecule has 0 aliphatic carbocycles. The van der Waals surface area contributed by atoms with Crippen molar-refractivity contribution in [3.63, 3.8) is 0 Å². The first-order chi connectivity index (χ1) is 12.7. The largest absolute Gasteiger partial charge is 0.496 e. The van der Waals surface area contributed by atoms with Crippen molar-refractivity contribution in [2.45, 2.75) is 26.4 Å². The maximum absolute atomic E-state index is 11.5. The molecule has 0 spiro atoms. The van der Waals surface area contributed by atoms with E-state index in [4.69, 9.17) is 9.57 Å². The van der Waals surface area contributed by atoms with Gasteiger partial charge in [-0.05, 0) is 31.2 Å². The molecule has 26 heavy (non-hydrogen) atoms. The van der Waals surface area contributed by atoms with Gasteiger partial charge in [0.25, 0.3) is 0 Å². The molecule has 1 fully saturated rings. The quantitative estimate of drug-likeness (QED) is 0.586. The van der Waals surface area contributed by atoms with E-state index in [1.807, 2.05) is 6.07 Å². The molecule has 7 heteroatoms. The second-order valence-corrected chi connectivity index (χ2v) is 6.05. The SMILES string of the molecule is COc1ccc(C(C)=O)cc1CON=C1CCN(c2ncccn2)CC1. The van der Waals surface area contributed by atoms with Crippen molar-refractivity contribution in [1.29, 1.82) is 0 Å². The summed E-state index contributed by atoms with van der Waals surface area (Å²) in [6.07, 6.45) is 5.11. The van der Waals surface area contributed by atoms with Crippen LogP contribution in [0.5, 0.6) is 5.75 Å². The van der Waals surface area contributed by atoms with Crippen LogP contribution in [0.4, 0.5) is 5.95 Å². The van der Waals surface area contributed by atoms with Gasteiger partial charge in [0.2, 0.25) is 5.95 Å². The Morgan fingerprint density at radius 2 is 1.96 bits per heavy atom. The van der Waals surface area contributed by atoms with Gasteiger partial charge in [-0.25, -0.2) is 9.97 Å². The summed E-state index contributed by atoms with van der Waals surface area (Å²) in [5, 5.41) is 4.27. The number of oxime groups is 1. The predicted molar refractivity (Wildman–Crippen MR) is 98.7 cm³/mol. The fraction of sp³-hybridized carbons (Fsp3) is 0.368. The second-order valence-electron chi connectivity index (χ2n) is 6.05. The Bertz CT molecular complexity index is 783. The zero-order valence-corrected chi connectivity index (χ0v) is 15.0. The minimum absolute atomic E-state index is 0.00993. The van der Waals surface area contributed by atoms with Crippen LogP contribution >= 0.6 is 0 Å². The Morgan fingerprint density at radius 3 is 2.62 bits per heavy atom. The number of hydrogen-bond acceptors (Lipinski definition) is 7. The first-order valence-electron chi connectivity index (χ1n) is 8.55.